The number of rotatable bonds is 2. The fourth-order valence-electron chi connectivity index (χ4n) is 2.43. The van der Waals surface area contributed by atoms with Gasteiger partial charge in [-0.05, 0) is 24.6 Å². The fraction of sp³-hybridized carbons (Fsp3) is 0.188. The second kappa shape index (κ2) is 5.74. The van der Waals surface area contributed by atoms with Gasteiger partial charge in [0.25, 0.3) is 0 Å². The molecule has 0 radical (unpaired) electrons. The number of hydrogen-bond donors (Lipinski definition) is 0. The topological polar surface area (TPSA) is 8.29 Å². The number of hydrogen-bond acceptors (Lipinski definition) is 0. The van der Waals surface area contributed by atoms with Crippen LogP contribution in [0.5, 0.6) is 0 Å². The Labute approximate surface area is 130 Å². The monoisotopic (exact) mass is 364 g/mol. The molecule has 0 saturated carbocycles. The summed E-state index contributed by atoms with van der Waals surface area (Å²) in [5.74, 6) is 0. The maximum atomic E-state index is 2.25. The highest BCUT2D eigenvalue weighted by molar-refractivity contribution is 5.53. The van der Waals surface area contributed by atoms with Gasteiger partial charge in [-0.25, -0.2) is 4.57 Å². The summed E-state index contributed by atoms with van der Waals surface area (Å²) in [5, 5.41) is 0. The SMILES string of the molecule is Cc1ccc2c(Cc3ccccc3)[n+](C)ccn12.[I-]. The average molecular weight is 364 g/mol. The Morgan fingerprint density at radius 3 is 2.53 bits per heavy atom. The van der Waals surface area contributed by atoms with E-state index in [4.69, 9.17) is 0 Å². The van der Waals surface area contributed by atoms with E-state index >= 15 is 0 Å². The molecule has 1 aromatic carbocycles. The highest BCUT2D eigenvalue weighted by Crippen LogP contribution is 2.14. The number of aryl methyl sites for hydroxylation is 2. The molecule has 3 heteroatoms. The quantitative estimate of drug-likeness (QED) is 0.435. The predicted octanol–water partition coefficient (Wildman–Crippen LogP) is -0.333. The maximum absolute atomic E-state index is 2.25. The molecule has 0 N–H and O–H groups in total. The molecule has 2 nitrogen and oxygen atoms in total. The lowest BCUT2D eigenvalue weighted by Crippen LogP contribution is -3.00. The van der Waals surface area contributed by atoms with Crippen molar-refractivity contribution in [1.82, 2.24) is 4.40 Å². The summed E-state index contributed by atoms with van der Waals surface area (Å²) in [5.41, 5.74) is 5.26. The molecule has 0 aliphatic heterocycles. The first kappa shape index (κ1) is 14.1. The van der Waals surface area contributed by atoms with Gasteiger partial charge in [0.05, 0.1) is 12.6 Å². The molecule has 0 spiro atoms. The second-order valence-electron chi connectivity index (χ2n) is 4.75. The van der Waals surface area contributed by atoms with E-state index in [0.717, 1.165) is 6.42 Å². The van der Waals surface area contributed by atoms with E-state index in [-0.39, 0.29) is 24.0 Å². The minimum atomic E-state index is 0. The Hall–Kier alpha value is -1.36. The van der Waals surface area contributed by atoms with Crippen molar-refractivity contribution < 1.29 is 28.5 Å². The summed E-state index contributed by atoms with van der Waals surface area (Å²) >= 11 is 0. The summed E-state index contributed by atoms with van der Waals surface area (Å²) in [4.78, 5) is 0. The van der Waals surface area contributed by atoms with Crippen LogP contribution in [-0.2, 0) is 13.5 Å². The zero-order valence-corrected chi connectivity index (χ0v) is 13.3. The van der Waals surface area contributed by atoms with Gasteiger partial charge in [0.2, 0.25) is 5.69 Å². The van der Waals surface area contributed by atoms with Crippen LogP contribution in [0.3, 0.4) is 0 Å². The van der Waals surface area contributed by atoms with Gasteiger partial charge in [-0.1, -0.05) is 30.3 Å². The Balaban J connectivity index is 0.00000133. The smallest absolute Gasteiger partial charge is 0.209 e. The molecule has 2 heterocycles. The number of halogens is 1. The molecule has 0 aliphatic carbocycles. The summed E-state index contributed by atoms with van der Waals surface area (Å²) in [7, 11) is 2.11. The van der Waals surface area contributed by atoms with Crippen molar-refractivity contribution >= 4 is 5.52 Å². The van der Waals surface area contributed by atoms with Crippen molar-refractivity contribution in [2.75, 3.05) is 0 Å². The molecule has 0 aliphatic rings. The van der Waals surface area contributed by atoms with Crippen LogP contribution in [0.4, 0.5) is 0 Å². The maximum Gasteiger partial charge on any atom is 0.209 e. The molecular formula is C16H17IN2. The van der Waals surface area contributed by atoms with Crippen LogP contribution in [0.15, 0.2) is 54.9 Å². The Bertz CT molecular complexity index is 687. The standard InChI is InChI=1S/C16H17N2.HI/c1-13-8-9-15-16(17(2)10-11-18(13)15)12-14-6-4-3-5-7-14;/h3-11H,12H2,1-2H3;1H/q+1;/p-1. The highest BCUT2D eigenvalue weighted by atomic mass is 127. The van der Waals surface area contributed by atoms with E-state index in [1.165, 1.54) is 22.5 Å². The molecule has 19 heavy (non-hydrogen) atoms. The summed E-state index contributed by atoms with van der Waals surface area (Å²) in [6, 6.07) is 15.0. The van der Waals surface area contributed by atoms with E-state index in [2.05, 4.69) is 77.8 Å². The number of fused-ring (bicyclic) bond motifs is 1. The summed E-state index contributed by atoms with van der Waals surface area (Å²) in [6.07, 6.45) is 5.21. The van der Waals surface area contributed by atoms with Gasteiger partial charge in [-0.15, -0.1) is 0 Å². The largest absolute Gasteiger partial charge is 1.00 e. The van der Waals surface area contributed by atoms with Crippen molar-refractivity contribution in [1.29, 1.82) is 0 Å². The van der Waals surface area contributed by atoms with Crippen LogP contribution in [0, 0.1) is 6.92 Å². The molecule has 0 unspecified atom stereocenters. The van der Waals surface area contributed by atoms with E-state index in [1.807, 2.05) is 0 Å². The van der Waals surface area contributed by atoms with E-state index in [0.29, 0.717) is 0 Å². The van der Waals surface area contributed by atoms with Gasteiger partial charge in [0.1, 0.15) is 12.6 Å². The second-order valence-corrected chi connectivity index (χ2v) is 4.75. The molecule has 0 saturated heterocycles. The normalized spacial score (nSPS) is 10.4. The molecule has 2 aromatic heterocycles. The van der Waals surface area contributed by atoms with Crippen LogP contribution < -0.4 is 28.5 Å². The predicted molar refractivity (Wildman–Crippen MR) is 72.6 cm³/mol. The van der Waals surface area contributed by atoms with Gasteiger partial charge in [0, 0.05) is 5.69 Å². The molecule has 0 bridgehead atoms. The van der Waals surface area contributed by atoms with Gasteiger partial charge < -0.3 is 28.4 Å². The van der Waals surface area contributed by atoms with Crippen LogP contribution in [0.1, 0.15) is 17.0 Å². The third-order valence-electron chi connectivity index (χ3n) is 3.50. The van der Waals surface area contributed by atoms with Crippen LogP contribution in [0.25, 0.3) is 5.52 Å². The number of aromatic nitrogens is 2. The number of nitrogens with zero attached hydrogens (tertiary/aromatic N) is 2. The highest BCUT2D eigenvalue weighted by Gasteiger charge is 2.14. The molecule has 0 fully saturated rings. The Kier molecular flexibility index (Phi) is 4.24. The molecule has 98 valence electrons. The average Bonchev–Trinajstić information content (AvgIpc) is 2.76. The van der Waals surface area contributed by atoms with Crippen LogP contribution in [0.2, 0.25) is 0 Å². The fourth-order valence-corrected chi connectivity index (χ4v) is 2.43. The minimum absolute atomic E-state index is 0. The third-order valence-corrected chi connectivity index (χ3v) is 3.50. The third kappa shape index (κ3) is 2.66. The minimum Gasteiger partial charge on any atom is -1.00 e. The summed E-state index contributed by atoms with van der Waals surface area (Å²) in [6.45, 7) is 2.14. The molecule has 0 amide bonds. The molecule has 3 rings (SSSR count). The number of benzene rings is 1. The first-order chi connectivity index (χ1) is 8.75. The van der Waals surface area contributed by atoms with E-state index in [1.54, 1.807) is 0 Å². The van der Waals surface area contributed by atoms with E-state index in [9.17, 15) is 0 Å². The lowest BCUT2D eigenvalue weighted by atomic mass is 10.1. The van der Waals surface area contributed by atoms with Crippen LogP contribution >= 0.6 is 0 Å². The van der Waals surface area contributed by atoms with Gasteiger partial charge >= 0.3 is 0 Å². The van der Waals surface area contributed by atoms with E-state index < -0.39 is 0 Å². The lowest BCUT2D eigenvalue weighted by Gasteiger charge is -2.04. The molecular weight excluding hydrogens is 347 g/mol. The lowest BCUT2D eigenvalue weighted by molar-refractivity contribution is -0.677. The zero-order chi connectivity index (χ0) is 12.5. The Morgan fingerprint density at radius 1 is 1.05 bits per heavy atom. The van der Waals surface area contributed by atoms with Crippen LogP contribution in [-0.4, -0.2) is 4.40 Å². The molecule has 3 aromatic rings. The van der Waals surface area contributed by atoms with Crippen molar-refractivity contribution in [2.45, 2.75) is 13.3 Å². The van der Waals surface area contributed by atoms with Crippen molar-refractivity contribution in [3.05, 3.63) is 71.8 Å². The van der Waals surface area contributed by atoms with Crippen molar-refractivity contribution in [3.8, 4) is 0 Å². The first-order valence-corrected chi connectivity index (χ1v) is 6.25. The Morgan fingerprint density at radius 2 is 1.79 bits per heavy atom. The first-order valence-electron chi connectivity index (χ1n) is 6.25. The van der Waals surface area contributed by atoms with Gasteiger partial charge in [0.15, 0.2) is 6.20 Å². The van der Waals surface area contributed by atoms with Crippen molar-refractivity contribution in [2.24, 2.45) is 7.05 Å². The summed E-state index contributed by atoms with van der Waals surface area (Å²) < 4.78 is 4.46. The molecule has 0 atom stereocenters. The zero-order valence-electron chi connectivity index (χ0n) is 11.2. The van der Waals surface area contributed by atoms with Crippen molar-refractivity contribution in [3.63, 3.8) is 0 Å². The van der Waals surface area contributed by atoms with Gasteiger partial charge in [-0.2, -0.15) is 0 Å². The van der Waals surface area contributed by atoms with Gasteiger partial charge in [-0.3, -0.25) is 0 Å².